The van der Waals surface area contributed by atoms with Crippen LogP contribution in [0.15, 0.2) is 0 Å². The van der Waals surface area contributed by atoms with Crippen LogP contribution in [0.3, 0.4) is 0 Å². The second-order valence-corrected chi connectivity index (χ2v) is 5.41. The second-order valence-electron chi connectivity index (χ2n) is 5.41. The summed E-state index contributed by atoms with van der Waals surface area (Å²) in [6, 6.07) is 0. The number of nitrogens with two attached hydrogens (primary N) is 1. The minimum atomic E-state index is 0.496. The van der Waals surface area contributed by atoms with Gasteiger partial charge in [0.1, 0.15) is 0 Å². The van der Waals surface area contributed by atoms with E-state index in [4.69, 9.17) is 5.73 Å². The fourth-order valence-corrected chi connectivity index (χ4v) is 3.03. The van der Waals surface area contributed by atoms with Gasteiger partial charge in [-0.25, -0.2) is 4.68 Å². The van der Waals surface area contributed by atoms with Crippen molar-refractivity contribution in [2.75, 3.05) is 19.6 Å². The Kier molecular flexibility index (Phi) is 5.34. The van der Waals surface area contributed by atoms with E-state index in [9.17, 15) is 0 Å². The fraction of sp³-hybridized carbons (Fsp3) is 0.857. The van der Waals surface area contributed by atoms with E-state index in [1.807, 2.05) is 0 Å². The zero-order chi connectivity index (χ0) is 13.7. The van der Waals surface area contributed by atoms with E-state index >= 15 is 0 Å². The quantitative estimate of drug-likeness (QED) is 0.815. The van der Waals surface area contributed by atoms with Gasteiger partial charge >= 0.3 is 0 Å². The first-order valence-corrected chi connectivity index (χ1v) is 7.64. The van der Waals surface area contributed by atoms with E-state index in [1.165, 1.54) is 31.6 Å². The Hall–Kier alpha value is -0.940. The highest BCUT2D eigenvalue weighted by molar-refractivity contribution is 5.15. The van der Waals surface area contributed by atoms with Crippen LogP contribution in [0, 0.1) is 0 Å². The van der Waals surface area contributed by atoms with Crippen molar-refractivity contribution in [3.8, 4) is 0 Å². The Labute approximate surface area is 116 Å². The third kappa shape index (κ3) is 3.34. The van der Waals surface area contributed by atoms with Gasteiger partial charge in [-0.2, -0.15) is 0 Å². The summed E-state index contributed by atoms with van der Waals surface area (Å²) in [5, 5.41) is 8.59. The molecule has 1 saturated heterocycles. The van der Waals surface area contributed by atoms with Crippen LogP contribution in [-0.4, -0.2) is 39.5 Å². The smallest absolute Gasteiger partial charge is 0.0997 e. The fourth-order valence-electron chi connectivity index (χ4n) is 3.03. The van der Waals surface area contributed by atoms with Crippen LogP contribution < -0.4 is 5.73 Å². The molecule has 1 aliphatic rings. The number of hydrogen-bond acceptors (Lipinski definition) is 4. The summed E-state index contributed by atoms with van der Waals surface area (Å²) in [6.45, 7) is 9.45. The zero-order valence-electron chi connectivity index (χ0n) is 12.3. The van der Waals surface area contributed by atoms with Crippen molar-refractivity contribution in [2.24, 2.45) is 5.73 Å². The summed E-state index contributed by atoms with van der Waals surface area (Å²) in [7, 11) is 0. The summed E-state index contributed by atoms with van der Waals surface area (Å²) in [5.41, 5.74) is 8.05. The second kappa shape index (κ2) is 7.01. The van der Waals surface area contributed by atoms with Crippen LogP contribution in [0.5, 0.6) is 0 Å². The Morgan fingerprint density at radius 1 is 1.16 bits per heavy atom. The van der Waals surface area contributed by atoms with Gasteiger partial charge in [0.15, 0.2) is 0 Å². The molecule has 1 aliphatic heterocycles. The lowest BCUT2D eigenvalue weighted by Crippen LogP contribution is -2.25. The first kappa shape index (κ1) is 14.5. The molecular formula is C14H27N5. The van der Waals surface area contributed by atoms with Crippen molar-refractivity contribution >= 4 is 0 Å². The van der Waals surface area contributed by atoms with Crippen LogP contribution in [0.1, 0.15) is 56.8 Å². The maximum atomic E-state index is 5.80. The monoisotopic (exact) mass is 265 g/mol. The molecule has 2 rings (SSSR count). The van der Waals surface area contributed by atoms with Gasteiger partial charge in [-0.1, -0.05) is 19.1 Å². The molecule has 5 nitrogen and oxygen atoms in total. The molecule has 1 fully saturated rings. The van der Waals surface area contributed by atoms with Gasteiger partial charge in [0.25, 0.3) is 0 Å². The van der Waals surface area contributed by atoms with E-state index in [1.54, 1.807) is 0 Å². The number of aromatic nitrogens is 3. The average Bonchev–Trinajstić information content (AvgIpc) is 3.07. The van der Waals surface area contributed by atoms with Crippen LogP contribution in [0.4, 0.5) is 0 Å². The Balaban J connectivity index is 2.07. The van der Waals surface area contributed by atoms with Crippen molar-refractivity contribution in [1.82, 2.24) is 19.9 Å². The van der Waals surface area contributed by atoms with E-state index in [2.05, 4.69) is 33.7 Å². The van der Waals surface area contributed by atoms with Crippen molar-refractivity contribution < 1.29 is 0 Å². The molecule has 0 amide bonds. The average molecular weight is 265 g/mol. The van der Waals surface area contributed by atoms with Gasteiger partial charge in [0.05, 0.1) is 17.9 Å². The number of rotatable bonds is 7. The third-order valence-corrected chi connectivity index (χ3v) is 4.24. The largest absolute Gasteiger partial charge is 0.325 e. The first-order valence-electron chi connectivity index (χ1n) is 7.64. The van der Waals surface area contributed by atoms with Crippen molar-refractivity contribution in [1.29, 1.82) is 0 Å². The summed E-state index contributed by atoms with van der Waals surface area (Å²) in [4.78, 5) is 2.51. The Bertz CT molecular complexity index is 377. The molecule has 108 valence electrons. The standard InChI is InChI=1S/C14H27N5/c1-3-12(4-2)14-13(11-15)16-17-19(14)10-9-18-7-5-6-8-18/h12H,3-11,15H2,1-2H3. The molecule has 0 atom stereocenters. The highest BCUT2D eigenvalue weighted by Crippen LogP contribution is 2.25. The van der Waals surface area contributed by atoms with E-state index < -0.39 is 0 Å². The molecule has 0 aromatic carbocycles. The highest BCUT2D eigenvalue weighted by atomic mass is 15.4. The van der Waals surface area contributed by atoms with Gasteiger partial charge in [-0.05, 0) is 38.8 Å². The maximum absolute atomic E-state index is 5.80. The molecule has 0 unspecified atom stereocenters. The Morgan fingerprint density at radius 2 is 1.84 bits per heavy atom. The summed E-state index contributed by atoms with van der Waals surface area (Å²) in [6.07, 6.45) is 4.93. The van der Waals surface area contributed by atoms with Crippen molar-refractivity contribution in [3.05, 3.63) is 11.4 Å². The maximum Gasteiger partial charge on any atom is 0.0997 e. The van der Waals surface area contributed by atoms with E-state index in [-0.39, 0.29) is 0 Å². The minimum Gasteiger partial charge on any atom is -0.325 e. The molecule has 2 heterocycles. The summed E-state index contributed by atoms with van der Waals surface area (Å²) < 4.78 is 2.10. The van der Waals surface area contributed by atoms with Crippen molar-refractivity contribution in [2.45, 2.75) is 58.5 Å². The number of hydrogen-bond donors (Lipinski definition) is 1. The predicted octanol–water partition coefficient (Wildman–Crippen LogP) is 1.74. The lowest BCUT2D eigenvalue weighted by molar-refractivity contribution is 0.309. The van der Waals surface area contributed by atoms with Crippen LogP contribution >= 0.6 is 0 Å². The lowest BCUT2D eigenvalue weighted by Gasteiger charge is -2.18. The van der Waals surface area contributed by atoms with Gasteiger partial charge in [-0.3, -0.25) is 0 Å². The molecule has 19 heavy (non-hydrogen) atoms. The first-order chi connectivity index (χ1) is 9.30. The SMILES string of the molecule is CCC(CC)c1c(CN)nnn1CCN1CCCC1. The number of nitrogens with zero attached hydrogens (tertiary/aromatic N) is 4. The summed E-state index contributed by atoms with van der Waals surface area (Å²) >= 11 is 0. The lowest BCUT2D eigenvalue weighted by atomic mass is 9.97. The number of likely N-dealkylation sites (tertiary alicyclic amines) is 1. The predicted molar refractivity (Wildman–Crippen MR) is 76.9 cm³/mol. The van der Waals surface area contributed by atoms with Crippen molar-refractivity contribution in [3.63, 3.8) is 0 Å². The summed E-state index contributed by atoms with van der Waals surface area (Å²) in [5.74, 6) is 0.534. The molecule has 0 saturated carbocycles. The van der Waals surface area contributed by atoms with Gasteiger partial charge in [-0.15, -0.1) is 5.10 Å². The van der Waals surface area contributed by atoms with Gasteiger partial charge in [0, 0.05) is 19.0 Å². The normalized spacial score (nSPS) is 16.6. The topological polar surface area (TPSA) is 60.0 Å². The van der Waals surface area contributed by atoms with Crippen LogP contribution in [0.25, 0.3) is 0 Å². The zero-order valence-corrected chi connectivity index (χ0v) is 12.3. The molecular weight excluding hydrogens is 238 g/mol. The van der Waals surface area contributed by atoms with Gasteiger partial charge < -0.3 is 10.6 Å². The molecule has 2 N–H and O–H groups in total. The van der Waals surface area contributed by atoms with E-state index in [0.717, 1.165) is 31.6 Å². The molecule has 0 spiro atoms. The van der Waals surface area contributed by atoms with Crippen LogP contribution in [0.2, 0.25) is 0 Å². The third-order valence-electron chi connectivity index (χ3n) is 4.24. The molecule has 0 aliphatic carbocycles. The minimum absolute atomic E-state index is 0.496. The van der Waals surface area contributed by atoms with Gasteiger partial charge in [0.2, 0.25) is 0 Å². The molecule has 0 radical (unpaired) electrons. The molecule has 1 aromatic rings. The van der Waals surface area contributed by atoms with E-state index in [0.29, 0.717) is 12.5 Å². The molecule has 5 heteroatoms. The van der Waals surface area contributed by atoms with Crippen LogP contribution in [-0.2, 0) is 13.1 Å². The highest BCUT2D eigenvalue weighted by Gasteiger charge is 2.20. The Morgan fingerprint density at radius 3 is 2.42 bits per heavy atom. The molecule has 1 aromatic heterocycles. The molecule has 0 bridgehead atoms.